The fourth-order valence-electron chi connectivity index (χ4n) is 1.40. The Hall–Kier alpha value is 0.130. The van der Waals surface area contributed by atoms with E-state index in [1.807, 2.05) is 6.07 Å². The molecule has 0 saturated heterocycles. The lowest BCUT2D eigenvalue weighted by atomic mass is 10.2. The average molecular weight is 353 g/mol. The zero-order valence-corrected chi connectivity index (χ0v) is 12.4. The fourth-order valence-corrected chi connectivity index (χ4v) is 3.34. The van der Waals surface area contributed by atoms with Crippen molar-refractivity contribution in [3.63, 3.8) is 0 Å². The van der Waals surface area contributed by atoms with Crippen LogP contribution in [0.25, 0.3) is 0 Å². The van der Waals surface area contributed by atoms with Gasteiger partial charge < -0.3 is 5.32 Å². The molecule has 1 amide bonds. The minimum Gasteiger partial charge on any atom is -0.348 e. The maximum Gasteiger partial charge on any atom is 0.261 e. The standard InChI is InChI=1S/C10H11Br2NOS/c1-10(2)4-7(10)13-9(14)6-3-5(11)8(12)15-6/h3,7H,4H2,1-2H3,(H,13,14). The Bertz CT molecular complexity index is 394. The van der Waals surface area contributed by atoms with Crippen molar-refractivity contribution in [1.29, 1.82) is 0 Å². The first kappa shape index (κ1) is 11.6. The molecule has 0 aromatic carbocycles. The first-order valence-electron chi connectivity index (χ1n) is 4.66. The molecule has 0 bridgehead atoms. The molecule has 1 heterocycles. The lowest BCUT2D eigenvalue weighted by Gasteiger charge is -2.04. The van der Waals surface area contributed by atoms with Crippen molar-refractivity contribution in [2.45, 2.75) is 26.3 Å². The second-order valence-corrected chi connectivity index (χ2v) is 7.68. The van der Waals surface area contributed by atoms with E-state index in [1.54, 1.807) is 0 Å². The summed E-state index contributed by atoms with van der Waals surface area (Å²) in [6.07, 6.45) is 1.08. The van der Waals surface area contributed by atoms with Crippen LogP contribution in [0.3, 0.4) is 0 Å². The van der Waals surface area contributed by atoms with Gasteiger partial charge in [-0.2, -0.15) is 0 Å². The molecule has 0 aliphatic heterocycles. The molecule has 1 atom stereocenters. The summed E-state index contributed by atoms with van der Waals surface area (Å²) in [6, 6.07) is 2.18. The number of hydrogen-bond donors (Lipinski definition) is 1. The zero-order chi connectivity index (χ0) is 11.2. The Labute approximate surface area is 110 Å². The minimum atomic E-state index is 0.0296. The van der Waals surface area contributed by atoms with Gasteiger partial charge in [-0.05, 0) is 49.8 Å². The van der Waals surface area contributed by atoms with Crippen LogP contribution in [-0.2, 0) is 0 Å². The molecule has 1 aromatic rings. The molecule has 5 heteroatoms. The molecule has 1 unspecified atom stereocenters. The van der Waals surface area contributed by atoms with E-state index >= 15 is 0 Å². The third-order valence-electron chi connectivity index (χ3n) is 2.69. The van der Waals surface area contributed by atoms with E-state index in [0.717, 1.165) is 19.6 Å². The van der Waals surface area contributed by atoms with Crippen LogP contribution in [0.15, 0.2) is 14.3 Å². The molecular formula is C10H11Br2NOS. The highest BCUT2D eigenvalue weighted by molar-refractivity contribution is 9.13. The largest absolute Gasteiger partial charge is 0.348 e. The molecule has 0 spiro atoms. The first-order chi connectivity index (χ1) is 6.90. The Morgan fingerprint density at radius 2 is 2.20 bits per heavy atom. The van der Waals surface area contributed by atoms with E-state index in [-0.39, 0.29) is 11.3 Å². The Morgan fingerprint density at radius 1 is 1.60 bits per heavy atom. The fraction of sp³-hybridized carbons (Fsp3) is 0.500. The molecule has 2 nitrogen and oxygen atoms in total. The van der Waals surface area contributed by atoms with Gasteiger partial charge >= 0.3 is 0 Å². The number of halogens is 2. The summed E-state index contributed by atoms with van der Waals surface area (Å²) in [5, 5.41) is 3.03. The van der Waals surface area contributed by atoms with Crippen molar-refractivity contribution in [1.82, 2.24) is 5.32 Å². The topological polar surface area (TPSA) is 29.1 Å². The van der Waals surface area contributed by atoms with Crippen LogP contribution in [0.1, 0.15) is 29.9 Å². The number of hydrogen-bond acceptors (Lipinski definition) is 2. The quantitative estimate of drug-likeness (QED) is 0.861. The molecular weight excluding hydrogens is 342 g/mol. The molecule has 2 rings (SSSR count). The van der Waals surface area contributed by atoms with Crippen LogP contribution in [0.5, 0.6) is 0 Å². The highest BCUT2D eigenvalue weighted by Gasteiger charge is 2.46. The Kier molecular flexibility index (Phi) is 2.99. The minimum absolute atomic E-state index is 0.0296. The number of carbonyl (C=O) groups excluding carboxylic acids is 1. The highest BCUT2D eigenvalue weighted by Crippen LogP contribution is 2.45. The van der Waals surface area contributed by atoms with Crippen LogP contribution in [0, 0.1) is 5.41 Å². The van der Waals surface area contributed by atoms with Gasteiger partial charge in [-0.15, -0.1) is 11.3 Å². The van der Waals surface area contributed by atoms with Gasteiger partial charge in [-0.3, -0.25) is 4.79 Å². The predicted octanol–water partition coefficient (Wildman–Crippen LogP) is 3.80. The van der Waals surface area contributed by atoms with Gasteiger partial charge in [-0.1, -0.05) is 13.8 Å². The highest BCUT2D eigenvalue weighted by atomic mass is 79.9. The van der Waals surface area contributed by atoms with Gasteiger partial charge in [-0.25, -0.2) is 0 Å². The number of carbonyl (C=O) groups is 1. The monoisotopic (exact) mass is 351 g/mol. The summed E-state index contributed by atoms with van der Waals surface area (Å²) < 4.78 is 1.90. The molecule has 1 fully saturated rings. The van der Waals surface area contributed by atoms with Crippen LogP contribution in [0.4, 0.5) is 0 Å². The number of nitrogens with one attached hydrogen (secondary N) is 1. The van der Waals surface area contributed by atoms with Crippen LogP contribution in [-0.4, -0.2) is 11.9 Å². The van der Waals surface area contributed by atoms with Gasteiger partial charge in [0.25, 0.3) is 5.91 Å². The molecule has 1 saturated carbocycles. The first-order valence-corrected chi connectivity index (χ1v) is 7.06. The van der Waals surface area contributed by atoms with Crippen LogP contribution >= 0.6 is 43.2 Å². The van der Waals surface area contributed by atoms with Crippen molar-refractivity contribution >= 4 is 49.1 Å². The van der Waals surface area contributed by atoms with Gasteiger partial charge in [0.15, 0.2) is 0 Å². The van der Waals surface area contributed by atoms with Crippen molar-refractivity contribution in [3.05, 3.63) is 19.2 Å². The van der Waals surface area contributed by atoms with E-state index in [1.165, 1.54) is 11.3 Å². The summed E-state index contributed by atoms with van der Waals surface area (Å²) in [4.78, 5) is 12.6. The molecule has 1 aromatic heterocycles. The molecule has 1 N–H and O–H groups in total. The Morgan fingerprint density at radius 3 is 2.60 bits per heavy atom. The SMILES string of the molecule is CC1(C)CC1NC(=O)c1cc(Br)c(Br)s1. The summed E-state index contributed by atoms with van der Waals surface area (Å²) in [6.45, 7) is 4.33. The second kappa shape index (κ2) is 3.86. The number of thiophene rings is 1. The van der Waals surface area contributed by atoms with Crippen molar-refractivity contribution < 1.29 is 4.79 Å². The summed E-state index contributed by atoms with van der Waals surface area (Å²) in [7, 11) is 0. The predicted molar refractivity (Wildman–Crippen MR) is 69.4 cm³/mol. The lowest BCUT2D eigenvalue weighted by Crippen LogP contribution is -2.27. The summed E-state index contributed by atoms with van der Waals surface area (Å²) in [5.41, 5.74) is 0.279. The molecule has 82 valence electrons. The third-order valence-corrected chi connectivity index (χ3v) is 5.94. The smallest absolute Gasteiger partial charge is 0.261 e. The van der Waals surface area contributed by atoms with Crippen LogP contribution < -0.4 is 5.32 Å². The maximum atomic E-state index is 11.8. The normalized spacial score (nSPS) is 22.5. The molecule has 1 aliphatic carbocycles. The lowest BCUT2D eigenvalue weighted by molar-refractivity contribution is 0.0950. The van der Waals surface area contributed by atoms with Gasteiger partial charge in [0.05, 0.1) is 8.66 Å². The number of rotatable bonds is 2. The van der Waals surface area contributed by atoms with Crippen molar-refractivity contribution in [2.75, 3.05) is 0 Å². The van der Waals surface area contributed by atoms with E-state index in [0.29, 0.717) is 6.04 Å². The van der Waals surface area contributed by atoms with E-state index < -0.39 is 0 Å². The van der Waals surface area contributed by atoms with E-state index in [9.17, 15) is 4.79 Å². The molecule has 0 radical (unpaired) electrons. The zero-order valence-electron chi connectivity index (χ0n) is 8.43. The van der Waals surface area contributed by atoms with Crippen molar-refractivity contribution in [2.24, 2.45) is 5.41 Å². The van der Waals surface area contributed by atoms with Gasteiger partial charge in [0, 0.05) is 10.5 Å². The van der Waals surface area contributed by atoms with E-state index in [4.69, 9.17) is 0 Å². The number of amides is 1. The third kappa shape index (κ3) is 2.45. The second-order valence-electron chi connectivity index (χ2n) is 4.45. The Balaban J connectivity index is 2.03. The van der Waals surface area contributed by atoms with Gasteiger partial charge in [0.1, 0.15) is 0 Å². The molecule has 15 heavy (non-hydrogen) atoms. The van der Waals surface area contributed by atoms with Crippen LogP contribution in [0.2, 0.25) is 0 Å². The van der Waals surface area contributed by atoms with E-state index in [2.05, 4.69) is 51.0 Å². The summed E-state index contributed by atoms with van der Waals surface area (Å²) >= 11 is 8.20. The maximum absolute atomic E-state index is 11.8. The van der Waals surface area contributed by atoms with Crippen molar-refractivity contribution in [3.8, 4) is 0 Å². The molecule has 1 aliphatic rings. The van der Waals surface area contributed by atoms with Gasteiger partial charge in [0.2, 0.25) is 0 Å². The summed E-state index contributed by atoms with van der Waals surface area (Å²) in [5.74, 6) is 0.0296. The average Bonchev–Trinajstić information content (AvgIpc) is 2.55.